The number of hydrogen-bond acceptors (Lipinski definition) is 6. The standard InChI is InChI=1S/C19H24FN5O3/c1-2-3-18(23-13-21)22-11-15-12-25(19(26)28-15)14-4-5-17(16(20)10-14)24-6-8-27-9-7-24/h4-5,10,15H,2-3,6-9,11-12H2,1H3,(H,22,23). The van der Waals surface area contributed by atoms with Crippen LogP contribution in [0.2, 0.25) is 0 Å². The van der Waals surface area contributed by atoms with Crippen LogP contribution in [0.5, 0.6) is 0 Å². The van der Waals surface area contributed by atoms with Crippen molar-refractivity contribution in [3.8, 4) is 6.19 Å². The second kappa shape index (κ2) is 9.37. The Balaban J connectivity index is 1.65. The molecule has 3 rings (SSSR count). The molecule has 1 aromatic rings. The molecule has 1 atom stereocenters. The molecule has 2 heterocycles. The number of nitriles is 1. The number of nitrogens with one attached hydrogen (secondary N) is 1. The van der Waals surface area contributed by atoms with Gasteiger partial charge < -0.3 is 14.4 Å². The lowest BCUT2D eigenvalue weighted by Crippen LogP contribution is -2.36. The van der Waals surface area contributed by atoms with Gasteiger partial charge in [0.1, 0.15) is 17.8 Å². The van der Waals surface area contributed by atoms with Gasteiger partial charge in [-0.3, -0.25) is 15.2 Å². The van der Waals surface area contributed by atoms with Crippen LogP contribution in [0.1, 0.15) is 19.8 Å². The van der Waals surface area contributed by atoms with Crippen LogP contribution in [-0.4, -0.2) is 57.4 Å². The van der Waals surface area contributed by atoms with Crippen molar-refractivity contribution in [3.05, 3.63) is 24.0 Å². The van der Waals surface area contributed by atoms with Crippen molar-refractivity contribution in [2.45, 2.75) is 25.9 Å². The van der Waals surface area contributed by atoms with Crippen LogP contribution in [0.3, 0.4) is 0 Å². The number of halogens is 1. The van der Waals surface area contributed by atoms with Gasteiger partial charge in [0.15, 0.2) is 6.19 Å². The summed E-state index contributed by atoms with van der Waals surface area (Å²) in [6.07, 6.45) is 2.38. The lowest BCUT2D eigenvalue weighted by molar-refractivity contribution is 0.122. The average Bonchev–Trinajstić information content (AvgIpc) is 3.08. The summed E-state index contributed by atoms with van der Waals surface area (Å²) in [4.78, 5) is 19.9. The second-order valence-electron chi connectivity index (χ2n) is 6.63. The molecular weight excluding hydrogens is 365 g/mol. The first kappa shape index (κ1) is 19.9. The Morgan fingerprint density at radius 3 is 2.89 bits per heavy atom. The van der Waals surface area contributed by atoms with E-state index in [1.165, 1.54) is 11.0 Å². The maximum Gasteiger partial charge on any atom is 0.414 e. The maximum absolute atomic E-state index is 14.6. The fourth-order valence-electron chi connectivity index (χ4n) is 3.25. The highest BCUT2D eigenvalue weighted by Gasteiger charge is 2.32. The highest BCUT2D eigenvalue weighted by atomic mass is 19.1. The highest BCUT2D eigenvalue weighted by Crippen LogP contribution is 2.28. The third-order valence-corrected chi connectivity index (χ3v) is 4.64. The van der Waals surface area contributed by atoms with E-state index >= 15 is 0 Å². The predicted molar refractivity (Wildman–Crippen MR) is 103 cm³/mol. The minimum atomic E-state index is -0.524. The lowest BCUT2D eigenvalue weighted by Gasteiger charge is -2.29. The quantitative estimate of drug-likeness (QED) is 0.347. The first-order chi connectivity index (χ1) is 13.6. The summed E-state index contributed by atoms with van der Waals surface area (Å²) in [6, 6.07) is 4.77. The van der Waals surface area contributed by atoms with E-state index in [4.69, 9.17) is 14.7 Å². The van der Waals surface area contributed by atoms with E-state index in [0.29, 0.717) is 49.9 Å². The van der Waals surface area contributed by atoms with Gasteiger partial charge in [0.25, 0.3) is 0 Å². The number of ether oxygens (including phenoxy) is 2. The molecule has 8 nitrogen and oxygen atoms in total. The SMILES string of the molecule is CCCC(=NCC1CN(c2ccc(N3CCOCC3)c(F)c2)C(=O)O1)NC#N. The third-order valence-electron chi connectivity index (χ3n) is 4.64. The van der Waals surface area contributed by atoms with Gasteiger partial charge in [-0.2, -0.15) is 5.26 Å². The zero-order chi connectivity index (χ0) is 19.9. The number of benzene rings is 1. The number of rotatable bonds is 6. The molecule has 1 unspecified atom stereocenters. The molecule has 0 radical (unpaired) electrons. The number of aliphatic imine (C=N–C) groups is 1. The molecule has 2 saturated heterocycles. The number of nitrogens with zero attached hydrogens (tertiary/aromatic N) is 4. The zero-order valence-corrected chi connectivity index (χ0v) is 15.9. The largest absolute Gasteiger partial charge is 0.442 e. The minimum absolute atomic E-state index is 0.251. The summed E-state index contributed by atoms with van der Waals surface area (Å²) >= 11 is 0. The van der Waals surface area contributed by atoms with Crippen molar-refractivity contribution < 1.29 is 18.7 Å². The monoisotopic (exact) mass is 389 g/mol. The summed E-state index contributed by atoms with van der Waals surface area (Å²) in [5, 5.41) is 11.3. The number of hydrogen-bond donors (Lipinski definition) is 1. The average molecular weight is 389 g/mol. The molecule has 1 aromatic carbocycles. The van der Waals surface area contributed by atoms with Gasteiger partial charge in [-0.15, -0.1) is 0 Å². The fraction of sp³-hybridized carbons (Fsp3) is 0.526. The highest BCUT2D eigenvalue weighted by molar-refractivity contribution is 5.90. The third kappa shape index (κ3) is 4.70. The molecule has 2 fully saturated rings. The van der Waals surface area contributed by atoms with Crippen LogP contribution in [0.4, 0.5) is 20.6 Å². The van der Waals surface area contributed by atoms with Crippen molar-refractivity contribution >= 4 is 23.3 Å². The van der Waals surface area contributed by atoms with Crippen molar-refractivity contribution in [2.75, 3.05) is 49.2 Å². The Bertz CT molecular complexity index is 773. The van der Waals surface area contributed by atoms with Gasteiger partial charge in [0.05, 0.1) is 37.7 Å². The van der Waals surface area contributed by atoms with E-state index in [9.17, 15) is 9.18 Å². The molecule has 2 aliphatic heterocycles. The fourth-order valence-corrected chi connectivity index (χ4v) is 3.25. The van der Waals surface area contributed by atoms with Gasteiger partial charge in [0.2, 0.25) is 0 Å². The number of carbonyl (C=O) groups excluding carboxylic acids is 1. The van der Waals surface area contributed by atoms with Crippen LogP contribution in [-0.2, 0) is 9.47 Å². The van der Waals surface area contributed by atoms with E-state index in [1.807, 2.05) is 18.0 Å². The van der Waals surface area contributed by atoms with Gasteiger partial charge in [-0.25, -0.2) is 9.18 Å². The Morgan fingerprint density at radius 1 is 1.43 bits per heavy atom. The summed E-state index contributed by atoms with van der Waals surface area (Å²) < 4.78 is 25.3. The Kier molecular flexibility index (Phi) is 6.66. The first-order valence-corrected chi connectivity index (χ1v) is 9.41. The molecule has 150 valence electrons. The van der Waals surface area contributed by atoms with Crippen LogP contribution in [0, 0.1) is 17.3 Å². The molecule has 0 aromatic heterocycles. The van der Waals surface area contributed by atoms with Crippen molar-refractivity contribution in [2.24, 2.45) is 4.99 Å². The molecule has 0 saturated carbocycles. The number of anilines is 2. The van der Waals surface area contributed by atoms with Gasteiger partial charge in [0, 0.05) is 19.5 Å². The van der Waals surface area contributed by atoms with E-state index in [0.717, 1.165) is 6.42 Å². The molecule has 28 heavy (non-hydrogen) atoms. The zero-order valence-electron chi connectivity index (χ0n) is 15.9. The van der Waals surface area contributed by atoms with Crippen LogP contribution >= 0.6 is 0 Å². The smallest absolute Gasteiger partial charge is 0.414 e. The summed E-state index contributed by atoms with van der Waals surface area (Å²) in [6.45, 7) is 4.94. The maximum atomic E-state index is 14.6. The molecule has 0 spiro atoms. The molecular formula is C19H24FN5O3. The normalized spacial score (nSPS) is 20.1. The van der Waals surface area contributed by atoms with E-state index in [-0.39, 0.29) is 18.9 Å². The number of amidine groups is 1. The second-order valence-corrected chi connectivity index (χ2v) is 6.63. The molecule has 9 heteroatoms. The minimum Gasteiger partial charge on any atom is -0.442 e. The summed E-state index contributed by atoms with van der Waals surface area (Å²) in [5.74, 6) is 0.192. The van der Waals surface area contributed by atoms with Crippen LogP contribution < -0.4 is 15.1 Å². The molecule has 0 aliphatic carbocycles. The predicted octanol–water partition coefficient (Wildman–Crippen LogP) is 2.26. The van der Waals surface area contributed by atoms with Crippen molar-refractivity contribution in [3.63, 3.8) is 0 Å². The number of cyclic esters (lactones) is 1. The van der Waals surface area contributed by atoms with Gasteiger partial charge in [-0.1, -0.05) is 6.92 Å². The Morgan fingerprint density at radius 2 is 2.21 bits per heavy atom. The topological polar surface area (TPSA) is 90.2 Å². The molecule has 0 bridgehead atoms. The first-order valence-electron chi connectivity index (χ1n) is 9.41. The van der Waals surface area contributed by atoms with E-state index < -0.39 is 12.2 Å². The summed E-state index contributed by atoms with van der Waals surface area (Å²) in [5.41, 5.74) is 0.961. The Hall–Kier alpha value is -2.86. The van der Waals surface area contributed by atoms with Crippen molar-refractivity contribution in [1.82, 2.24) is 5.32 Å². The molecule has 1 N–H and O–H groups in total. The molecule has 2 aliphatic rings. The van der Waals surface area contributed by atoms with Crippen molar-refractivity contribution in [1.29, 1.82) is 5.26 Å². The van der Waals surface area contributed by atoms with Gasteiger partial charge >= 0.3 is 6.09 Å². The molecule has 1 amide bonds. The van der Waals surface area contributed by atoms with Crippen LogP contribution in [0.15, 0.2) is 23.2 Å². The number of amides is 1. The van der Waals surface area contributed by atoms with Gasteiger partial charge in [-0.05, 0) is 24.6 Å². The lowest BCUT2D eigenvalue weighted by atomic mass is 10.2. The number of morpholine rings is 1. The van der Waals surface area contributed by atoms with E-state index in [2.05, 4.69) is 10.3 Å². The number of carbonyl (C=O) groups is 1. The Labute approximate surface area is 163 Å². The summed E-state index contributed by atoms with van der Waals surface area (Å²) in [7, 11) is 0. The van der Waals surface area contributed by atoms with E-state index in [1.54, 1.807) is 12.1 Å². The van der Waals surface area contributed by atoms with Crippen LogP contribution in [0.25, 0.3) is 0 Å².